The third-order valence-corrected chi connectivity index (χ3v) is 4.08. The summed E-state index contributed by atoms with van der Waals surface area (Å²) in [5, 5.41) is 6.28. The number of rotatable bonds is 10. The van der Waals surface area contributed by atoms with Crippen LogP contribution < -0.4 is 29.6 Å². The summed E-state index contributed by atoms with van der Waals surface area (Å²) < 4.78 is 45.9. The summed E-state index contributed by atoms with van der Waals surface area (Å²) in [5.41, 5.74) is 0.729. The van der Waals surface area contributed by atoms with E-state index in [1.54, 1.807) is 26.3 Å². The number of guanidine groups is 1. The Kier molecular flexibility index (Phi) is 8.99. The second kappa shape index (κ2) is 11.7. The Hall–Kier alpha value is -3.23. The topological polar surface area (TPSA) is 73.3 Å². The van der Waals surface area contributed by atoms with Gasteiger partial charge in [0.05, 0.1) is 20.8 Å². The van der Waals surface area contributed by atoms with Crippen LogP contribution >= 0.6 is 0 Å². The fraction of sp³-hybridized carbons (Fsp3) is 0.381. The number of alkyl halides is 2. The maximum absolute atomic E-state index is 12.6. The predicted octanol–water partition coefficient (Wildman–Crippen LogP) is 3.44. The Labute approximate surface area is 175 Å². The van der Waals surface area contributed by atoms with E-state index in [1.807, 2.05) is 31.2 Å². The molecule has 0 aromatic heterocycles. The zero-order valence-electron chi connectivity index (χ0n) is 17.4. The summed E-state index contributed by atoms with van der Waals surface area (Å²) in [6.07, 6.45) is -0.160. The summed E-state index contributed by atoms with van der Waals surface area (Å²) in [7, 11) is 4.62. The van der Waals surface area contributed by atoms with Crippen molar-refractivity contribution in [3.8, 4) is 23.0 Å². The third kappa shape index (κ3) is 6.98. The van der Waals surface area contributed by atoms with E-state index in [4.69, 9.17) is 14.2 Å². The van der Waals surface area contributed by atoms with Crippen molar-refractivity contribution < 1.29 is 27.7 Å². The highest BCUT2D eigenvalue weighted by Gasteiger charge is 2.12. The number of hydrogen-bond donors (Lipinski definition) is 2. The average molecular weight is 423 g/mol. The number of aliphatic imine (C=N–C) groups is 1. The molecule has 2 N–H and O–H groups in total. The lowest BCUT2D eigenvalue weighted by Crippen LogP contribution is -2.41. The van der Waals surface area contributed by atoms with E-state index < -0.39 is 6.61 Å². The second-order valence-electron chi connectivity index (χ2n) is 6.25. The van der Waals surface area contributed by atoms with Crippen LogP contribution in [0.1, 0.15) is 12.5 Å². The van der Waals surface area contributed by atoms with Crippen LogP contribution in [0.3, 0.4) is 0 Å². The highest BCUT2D eigenvalue weighted by atomic mass is 19.3. The number of para-hydroxylation sites is 2. The largest absolute Gasteiger partial charge is 0.493 e. The molecule has 0 heterocycles. The quantitative estimate of drug-likeness (QED) is 0.451. The van der Waals surface area contributed by atoms with Crippen LogP contribution in [0, 0.1) is 0 Å². The van der Waals surface area contributed by atoms with E-state index in [-0.39, 0.29) is 17.6 Å². The van der Waals surface area contributed by atoms with E-state index in [2.05, 4.69) is 20.4 Å². The van der Waals surface area contributed by atoms with Crippen LogP contribution in [-0.2, 0) is 6.54 Å². The lowest BCUT2D eigenvalue weighted by Gasteiger charge is -2.19. The molecule has 164 valence electrons. The molecule has 0 radical (unpaired) electrons. The molecule has 2 rings (SSSR count). The summed E-state index contributed by atoms with van der Waals surface area (Å²) in [5.74, 6) is 2.07. The SMILES string of the molecule is CN=C(NCc1ccc(OC)c(OC(F)F)c1)NCC(C)Oc1ccccc1OC. The molecule has 7 nitrogen and oxygen atoms in total. The summed E-state index contributed by atoms with van der Waals surface area (Å²) in [6.45, 7) is -0.170. The molecule has 2 aromatic carbocycles. The van der Waals surface area contributed by atoms with Gasteiger partial charge in [0.1, 0.15) is 6.10 Å². The van der Waals surface area contributed by atoms with Crippen LogP contribution in [0.4, 0.5) is 8.78 Å². The zero-order chi connectivity index (χ0) is 21.9. The van der Waals surface area contributed by atoms with E-state index in [0.717, 1.165) is 5.56 Å². The molecule has 1 unspecified atom stereocenters. The highest BCUT2D eigenvalue weighted by Crippen LogP contribution is 2.29. The Morgan fingerprint density at radius 3 is 2.23 bits per heavy atom. The first-order chi connectivity index (χ1) is 14.5. The molecular formula is C21H27F2N3O4. The molecule has 0 spiro atoms. The average Bonchev–Trinajstić information content (AvgIpc) is 2.74. The minimum Gasteiger partial charge on any atom is -0.493 e. The first-order valence-corrected chi connectivity index (χ1v) is 9.32. The number of methoxy groups -OCH3 is 2. The minimum atomic E-state index is -2.93. The lowest BCUT2D eigenvalue weighted by atomic mass is 10.2. The van der Waals surface area contributed by atoms with Crippen molar-refractivity contribution in [2.24, 2.45) is 4.99 Å². The van der Waals surface area contributed by atoms with Gasteiger partial charge in [-0.15, -0.1) is 0 Å². The molecule has 0 saturated heterocycles. The molecule has 0 bridgehead atoms. The second-order valence-corrected chi connectivity index (χ2v) is 6.25. The molecule has 0 saturated carbocycles. The first-order valence-electron chi connectivity index (χ1n) is 9.32. The maximum Gasteiger partial charge on any atom is 0.387 e. The van der Waals surface area contributed by atoms with Gasteiger partial charge in [0.2, 0.25) is 0 Å². The standard InChI is InChI=1S/C21H27F2N3O4/c1-14(29-18-8-6-5-7-16(18)27-3)12-25-21(24-2)26-13-15-9-10-17(28-4)19(11-15)30-20(22)23/h5-11,14,20H,12-13H2,1-4H3,(H2,24,25,26). The monoisotopic (exact) mass is 423 g/mol. The number of halogens is 2. The van der Waals surface area contributed by atoms with Crippen molar-refractivity contribution in [1.29, 1.82) is 0 Å². The van der Waals surface area contributed by atoms with E-state index in [9.17, 15) is 8.78 Å². The molecular weight excluding hydrogens is 396 g/mol. The van der Waals surface area contributed by atoms with Crippen LogP contribution in [0.15, 0.2) is 47.5 Å². The molecule has 0 aliphatic heterocycles. The van der Waals surface area contributed by atoms with Gasteiger partial charge in [-0.3, -0.25) is 4.99 Å². The van der Waals surface area contributed by atoms with Crippen molar-refractivity contribution >= 4 is 5.96 Å². The van der Waals surface area contributed by atoms with Crippen molar-refractivity contribution in [2.75, 3.05) is 27.8 Å². The van der Waals surface area contributed by atoms with Crippen LogP contribution in [0.2, 0.25) is 0 Å². The van der Waals surface area contributed by atoms with Gasteiger partial charge in [-0.2, -0.15) is 8.78 Å². The summed E-state index contributed by atoms with van der Waals surface area (Å²) in [6, 6.07) is 12.2. The molecule has 0 aliphatic rings. The normalized spacial score (nSPS) is 12.3. The number of hydrogen-bond acceptors (Lipinski definition) is 5. The van der Waals surface area contributed by atoms with Gasteiger partial charge >= 0.3 is 6.61 Å². The van der Waals surface area contributed by atoms with Gasteiger partial charge in [0.15, 0.2) is 29.0 Å². The smallest absolute Gasteiger partial charge is 0.387 e. The van der Waals surface area contributed by atoms with Gasteiger partial charge in [0, 0.05) is 13.6 Å². The molecule has 0 aliphatic carbocycles. The maximum atomic E-state index is 12.6. The van der Waals surface area contributed by atoms with Gasteiger partial charge in [-0.05, 0) is 36.8 Å². The van der Waals surface area contributed by atoms with Crippen LogP contribution in [0.5, 0.6) is 23.0 Å². The van der Waals surface area contributed by atoms with E-state index in [0.29, 0.717) is 30.5 Å². The van der Waals surface area contributed by atoms with Gasteiger partial charge < -0.3 is 29.6 Å². The van der Waals surface area contributed by atoms with Gasteiger partial charge in [0.25, 0.3) is 0 Å². The van der Waals surface area contributed by atoms with Crippen molar-refractivity contribution in [1.82, 2.24) is 10.6 Å². The first kappa shape index (κ1) is 23.1. The van der Waals surface area contributed by atoms with E-state index >= 15 is 0 Å². The predicted molar refractivity (Wildman–Crippen MR) is 111 cm³/mol. The molecule has 30 heavy (non-hydrogen) atoms. The minimum absolute atomic E-state index is 0.0198. The van der Waals surface area contributed by atoms with Crippen molar-refractivity contribution in [3.05, 3.63) is 48.0 Å². The van der Waals surface area contributed by atoms with Crippen molar-refractivity contribution in [3.63, 3.8) is 0 Å². The summed E-state index contributed by atoms with van der Waals surface area (Å²) in [4.78, 5) is 4.16. The Morgan fingerprint density at radius 1 is 0.933 bits per heavy atom. The zero-order valence-corrected chi connectivity index (χ0v) is 17.4. The molecule has 9 heteroatoms. The van der Waals surface area contributed by atoms with Crippen LogP contribution in [0.25, 0.3) is 0 Å². The van der Waals surface area contributed by atoms with Crippen LogP contribution in [-0.4, -0.2) is 46.5 Å². The Bertz CT molecular complexity index is 834. The molecule has 0 amide bonds. The fourth-order valence-corrected chi connectivity index (χ4v) is 2.64. The van der Waals surface area contributed by atoms with Crippen molar-refractivity contribution in [2.45, 2.75) is 26.2 Å². The van der Waals surface area contributed by atoms with Gasteiger partial charge in [-0.25, -0.2) is 0 Å². The number of ether oxygens (including phenoxy) is 4. The number of nitrogens with one attached hydrogen (secondary N) is 2. The van der Waals surface area contributed by atoms with Gasteiger partial charge in [-0.1, -0.05) is 18.2 Å². The third-order valence-electron chi connectivity index (χ3n) is 4.08. The highest BCUT2D eigenvalue weighted by molar-refractivity contribution is 5.79. The summed E-state index contributed by atoms with van der Waals surface area (Å²) >= 11 is 0. The molecule has 2 aromatic rings. The Morgan fingerprint density at radius 2 is 1.60 bits per heavy atom. The fourth-order valence-electron chi connectivity index (χ4n) is 2.64. The van der Waals surface area contributed by atoms with E-state index in [1.165, 1.54) is 13.2 Å². The number of benzene rings is 2. The number of nitrogens with zero attached hydrogens (tertiary/aromatic N) is 1. The lowest BCUT2D eigenvalue weighted by molar-refractivity contribution is -0.0512. The molecule has 1 atom stereocenters. The molecule has 0 fully saturated rings. The Balaban J connectivity index is 1.89.